The van der Waals surface area contributed by atoms with Crippen molar-refractivity contribution in [2.45, 2.75) is 32.1 Å². The quantitative estimate of drug-likeness (QED) is 0.692. The fraction of sp³-hybridized carbons (Fsp3) is 0.429. The molecule has 1 atom stereocenters. The lowest BCUT2D eigenvalue weighted by Crippen LogP contribution is -2.02. The van der Waals surface area contributed by atoms with Gasteiger partial charge >= 0.3 is 0 Å². The van der Waals surface area contributed by atoms with E-state index >= 15 is 0 Å². The van der Waals surface area contributed by atoms with Gasteiger partial charge in [0, 0.05) is 4.47 Å². The second-order valence-corrected chi connectivity index (χ2v) is 5.10. The Morgan fingerprint density at radius 2 is 2.13 bits per heavy atom. The lowest BCUT2D eigenvalue weighted by Gasteiger charge is -2.16. The van der Waals surface area contributed by atoms with E-state index in [0.717, 1.165) is 5.92 Å². The third-order valence-electron chi connectivity index (χ3n) is 3.10. The molecular formula is C14H17Br. The highest BCUT2D eigenvalue weighted by molar-refractivity contribution is 9.10. The van der Waals surface area contributed by atoms with Crippen LogP contribution in [0.1, 0.15) is 31.2 Å². The predicted octanol–water partition coefficient (Wildman–Crippen LogP) is 4.74. The number of hydrogen-bond acceptors (Lipinski definition) is 0. The van der Waals surface area contributed by atoms with E-state index in [1.54, 1.807) is 0 Å². The van der Waals surface area contributed by atoms with Crippen LogP contribution in [-0.2, 0) is 6.42 Å². The van der Waals surface area contributed by atoms with Crippen LogP contribution in [0.4, 0.5) is 0 Å². The first kappa shape index (κ1) is 10.9. The van der Waals surface area contributed by atoms with Crippen molar-refractivity contribution in [3.63, 3.8) is 0 Å². The van der Waals surface area contributed by atoms with Gasteiger partial charge in [-0.05, 0) is 49.7 Å². The second-order valence-electron chi connectivity index (χ2n) is 4.25. The number of benzene rings is 1. The van der Waals surface area contributed by atoms with Gasteiger partial charge in [0.05, 0.1) is 0 Å². The van der Waals surface area contributed by atoms with Crippen LogP contribution in [0.15, 0.2) is 40.9 Å². The summed E-state index contributed by atoms with van der Waals surface area (Å²) in [4.78, 5) is 0. The van der Waals surface area contributed by atoms with E-state index in [2.05, 4.69) is 52.3 Å². The van der Waals surface area contributed by atoms with Gasteiger partial charge in [0.25, 0.3) is 0 Å². The average Bonchev–Trinajstić information content (AvgIpc) is 2.29. The van der Waals surface area contributed by atoms with Crippen LogP contribution in [0.3, 0.4) is 0 Å². The van der Waals surface area contributed by atoms with Gasteiger partial charge < -0.3 is 0 Å². The molecule has 0 fully saturated rings. The fourth-order valence-electron chi connectivity index (χ4n) is 2.17. The minimum absolute atomic E-state index is 0.811. The first-order valence-corrected chi connectivity index (χ1v) is 6.55. The van der Waals surface area contributed by atoms with Gasteiger partial charge in [-0.15, -0.1) is 0 Å². The molecule has 0 saturated heterocycles. The molecule has 1 aromatic rings. The standard InChI is InChI=1S/C14H17Br/c15-14-9-5-4-8-13(14)11-10-12-6-2-1-3-7-12/h2,4-6,8-9,12H,1,3,7,10-11H2/t12-/m0/s1. The molecule has 0 bridgehead atoms. The molecule has 15 heavy (non-hydrogen) atoms. The summed E-state index contributed by atoms with van der Waals surface area (Å²) in [6.07, 6.45) is 11.3. The number of hydrogen-bond donors (Lipinski definition) is 0. The van der Waals surface area contributed by atoms with Gasteiger partial charge in [0.15, 0.2) is 0 Å². The molecule has 0 aliphatic heterocycles. The van der Waals surface area contributed by atoms with Crippen LogP contribution in [-0.4, -0.2) is 0 Å². The molecule has 0 spiro atoms. The molecule has 0 aromatic heterocycles. The molecule has 1 aliphatic carbocycles. The Labute approximate surface area is 101 Å². The Kier molecular flexibility index (Phi) is 4.01. The highest BCUT2D eigenvalue weighted by Gasteiger charge is 2.09. The molecule has 0 unspecified atom stereocenters. The Bertz CT molecular complexity index is 341. The van der Waals surface area contributed by atoms with Gasteiger partial charge in [-0.2, -0.15) is 0 Å². The number of halogens is 1. The monoisotopic (exact) mass is 264 g/mol. The molecule has 1 heteroatoms. The number of rotatable bonds is 3. The lowest BCUT2D eigenvalue weighted by atomic mass is 9.90. The van der Waals surface area contributed by atoms with Crippen LogP contribution in [0.25, 0.3) is 0 Å². The Morgan fingerprint density at radius 3 is 2.87 bits per heavy atom. The largest absolute Gasteiger partial charge is 0.0883 e. The molecule has 1 aromatic carbocycles. The molecule has 2 rings (SSSR count). The Balaban J connectivity index is 1.90. The van der Waals surface area contributed by atoms with E-state index in [1.807, 2.05) is 0 Å². The molecule has 1 aliphatic rings. The van der Waals surface area contributed by atoms with Crippen LogP contribution < -0.4 is 0 Å². The molecule has 0 heterocycles. The smallest absolute Gasteiger partial charge is 0.0207 e. The summed E-state index contributed by atoms with van der Waals surface area (Å²) in [5.74, 6) is 0.811. The van der Waals surface area contributed by atoms with E-state index in [1.165, 1.54) is 42.1 Å². The minimum atomic E-state index is 0.811. The third kappa shape index (κ3) is 3.20. The summed E-state index contributed by atoms with van der Waals surface area (Å²) >= 11 is 3.60. The topological polar surface area (TPSA) is 0 Å². The van der Waals surface area contributed by atoms with Crippen molar-refractivity contribution < 1.29 is 0 Å². The molecule has 0 amide bonds. The van der Waals surface area contributed by atoms with E-state index in [4.69, 9.17) is 0 Å². The lowest BCUT2D eigenvalue weighted by molar-refractivity contribution is 0.505. The summed E-state index contributed by atoms with van der Waals surface area (Å²) in [6.45, 7) is 0. The van der Waals surface area contributed by atoms with Crippen LogP contribution in [0, 0.1) is 5.92 Å². The summed E-state index contributed by atoms with van der Waals surface area (Å²) in [7, 11) is 0. The first-order valence-electron chi connectivity index (χ1n) is 5.76. The molecule has 80 valence electrons. The third-order valence-corrected chi connectivity index (χ3v) is 3.87. The normalized spacial score (nSPS) is 20.5. The molecule has 0 saturated carbocycles. The maximum absolute atomic E-state index is 3.60. The summed E-state index contributed by atoms with van der Waals surface area (Å²) in [6, 6.07) is 8.55. The molecular weight excluding hydrogens is 248 g/mol. The molecule has 0 radical (unpaired) electrons. The van der Waals surface area contributed by atoms with Crippen molar-refractivity contribution in [1.29, 1.82) is 0 Å². The predicted molar refractivity (Wildman–Crippen MR) is 68.9 cm³/mol. The van der Waals surface area contributed by atoms with Gasteiger partial charge in [-0.1, -0.05) is 46.3 Å². The van der Waals surface area contributed by atoms with Gasteiger partial charge in [0.2, 0.25) is 0 Å². The average molecular weight is 265 g/mol. The van der Waals surface area contributed by atoms with Crippen molar-refractivity contribution in [3.05, 3.63) is 46.5 Å². The van der Waals surface area contributed by atoms with Crippen molar-refractivity contribution in [3.8, 4) is 0 Å². The molecule has 0 nitrogen and oxygen atoms in total. The SMILES string of the molecule is Brc1ccccc1CC[C@H]1C=CCCC1. The van der Waals surface area contributed by atoms with Gasteiger partial charge in [0.1, 0.15) is 0 Å². The summed E-state index contributed by atoms with van der Waals surface area (Å²) < 4.78 is 1.25. The Morgan fingerprint density at radius 1 is 1.27 bits per heavy atom. The summed E-state index contributed by atoms with van der Waals surface area (Å²) in [5, 5.41) is 0. The van der Waals surface area contributed by atoms with Gasteiger partial charge in [-0.25, -0.2) is 0 Å². The maximum Gasteiger partial charge on any atom is 0.0207 e. The van der Waals surface area contributed by atoms with Crippen molar-refractivity contribution in [2.24, 2.45) is 5.92 Å². The number of allylic oxidation sites excluding steroid dienone is 2. The first-order chi connectivity index (χ1) is 7.36. The summed E-state index contributed by atoms with van der Waals surface area (Å²) in [5.41, 5.74) is 1.44. The minimum Gasteiger partial charge on any atom is -0.0883 e. The van der Waals surface area contributed by atoms with Crippen LogP contribution in [0.5, 0.6) is 0 Å². The van der Waals surface area contributed by atoms with E-state index < -0.39 is 0 Å². The molecule has 0 N–H and O–H groups in total. The van der Waals surface area contributed by atoms with Crippen molar-refractivity contribution in [1.82, 2.24) is 0 Å². The zero-order chi connectivity index (χ0) is 10.5. The van der Waals surface area contributed by atoms with Crippen LogP contribution in [0.2, 0.25) is 0 Å². The second kappa shape index (κ2) is 5.50. The van der Waals surface area contributed by atoms with E-state index in [9.17, 15) is 0 Å². The zero-order valence-corrected chi connectivity index (χ0v) is 10.5. The Hall–Kier alpha value is -0.560. The van der Waals surface area contributed by atoms with Crippen molar-refractivity contribution >= 4 is 15.9 Å². The number of aryl methyl sites for hydroxylation is 1. The van der Waals surface area contributed by atoms with Crippen molar-refractivity contribution in [2.75, 3.05) is 0 Å². The zero-order valence-electron chi connectivity index (χ0n) is 8.95. The maximum atomic E-state index is 3.60. The van der Waals surface area contributed by atoms with E-state index in [-0.39, 0.29) is 0 Å². The highest BCUT2D eigenvalue weighted by Crippen LogP contribution is 2.24. The van der Waals surface area contributed by atoms with Crippen LogP contribution >= 0.6 is 15.9 Å². The van der Waals surface area contributed by atoms with E-state index in [0.29, 0.717) is 0 Å². The highest BCUT2D eigenvalue weighted by atomic mass is 79.9. The van der Waals surface area contributed by atoms with Gasteiger partial charge in [-0.3, -0.25) is 0 Å². The fourth-order valence-corrected chi connectivity index (χ4v) is 2.65.